The van der Waals surface area contributed by atoms with Gasteiger partial charge in [-0.05, 0) is 30.9 Å². The van der Waals surface area contributed by atoms with Crippen molar-refractivity contribution < 1.29 is 9.53 Å². The number of ether oxygens (including phenoxy) is 1. The first-order valence-electron chi connectivity index (χ1n) is 7.12. The van der Waals surface area contributed by atoms with Gasteiger partial charge >= 0.3 is 0 Å². The number of nitrogens with one attached hydrogen (secondary N) is 2. The van der Waals surface area contributed by atoms with Crippen LogP contribution in [-0.4, -0.2) is 25.6 Å². The molecule has 1 aromatic carbocycles. The molecule has 1 amide bonds. The molecule has 0 radical (unpaired) electrons. The van der Waals surface area contributed by atoms with Gasteiger partial charge in [0, 0.05) is 13.1 Å². The third kappa shape index (κ3) is 3.00. The van der Waals surface area contributed by atoms with Gasteiger partial charge in [-0.2, -0.15) is 0 Å². The molecule has 4 heteroatoms. The summed E-state index contributed by atoms with van der Waals surface area (Å²) in [6, 6.07) is 5.65. The molecule has 4 nitrogen and oxygen atoms in total. The first-order valence-corrected chi connectivity index (χ1v) is 7.12. The summed E-state index contributed by atoms with van der Waals surface area (Å²) in [6.45, 7) is 2.16. The highest BCUT2D eigenvalue weighted by Crippen LogP contribution is 2.33. The molecule has 0 atom stereocenters. The van der Waals surface area contributed by atoms with Crippen molar-refractivity contribution in [3.05, 3.63) is 23.8 Å². The van der Waals surface area contributed by atoms with E-state index in [1.165, 1.54) is 19.3 Å². The van der Waals surface area contributed by atoms with Gasteiger partial charge in [-0.3, -0.25) is 4.79 Å². The van der Waals surface area contributed by atoms with E-state index in [1.807, 2.05) is 18.2 Å². The van der Waals surface area contributed by atoms with E-state index in [0.717, 1.165) is 31.1 Å². The standard InChI is InChI=1S/C15H20N2O2/c18-15(17-8-2-3-11-6-7-11)12-4-1-5-13-14(12)19-10-9-16-13/h1,4-5,11,16H,2-3,6-10H2,(H,17,18). The van der Waals surface area contributed by atoms with Crippen LogP contribution in [0.4, 0.5) is 5.69 Å². The molecule has 1 aliphatic carbocycles. The first-order chi connectivity index (χ1) is 9.34. The Morgan fingerprint density at radius 1 is 1.42 bits per heavy atom. The van der Waals surface area contributed by atoms with E-state index in [0.29, 0.717) is 17.9 Å². The summed E-state index contributed by atoms with van der Waals surface area (Å²) in [7, 11) is 0. The Balaban J connectivity index is 1.59. The molecule has 1 heterocycles. The maximum atomic E-state index is 12.2. The fourth-order valence-corrected chi connectivity index (χ4v) is 2.44. The van der Waals surface area contributed by atoms with Crippen LogP contribution in [0, 0.1) is 5.92 Å². The van der Waals surface area contributed by atoms with Gasteiger partial charge in [0.25, 0.3) is 5.91 Å². The number of anilines is 1. The Morgan fingerprint density at radius 3 is 3.16 bits per heavy atom. The van der Waals surface area contributed by atoms with Gasteiger partial charge in [-0.25, -0.2) is 0 Å². The molecule has 1 saturated carbocycles. The smallest absolute Gasteiger partial charge is 0.255 e. The number of carbonyl (C=O) groups is 1. The molecule has 3 rings (SSSR count). The lowest BCUT2D eigenvalue weighted by Crippen LogP contribution is -2.27. The normalized spacial score (nSPS) is 17.1. The molecule has 102 valence electrons. The predicted molar refractivity (Wildman–Crippen MR) is 74.7 cm³/mol. The fraction of sp³-hybridized carbons (Fsp3) is 0.533. The number of hydrogen-bond acceptors (Lipinski definition) is 3. The van der Waals surface area contributed by atoms with Crippen molar-refractivity contribution in [1.82, 2.24) is 5.32 Å². The van der Waals surface area contributed by atoms with Crippen LogP contribution in [0.1, 0.15) is 36.0 Å². The Bertz CT molecular complexity index is 469. The quantitative estimate of drug-likeness (QED) is 0.799. The topological polar surface area (TPSA) is 50.4 Å². The second-order valence-corrected chi connectivity index (χ2v) is 5.30. The average molecular weight is 260 g/mol. The maximum absolute atomic E-state index is 12.2. The summed E-state index contributed by atoms with van der Waals surface area (Å²) in [6.07, 6.45) is 5.06. The highest BCUT2D eigenvalue weighted by atomic mass is 16.5. The van der Waals surface area contributed by atoms with E-state index in [1.54, 1.807) is 0 Å². The molecular weight excluding hydrogens is 240 g/mol. The van der Waals surface area contributed by atoms with Crippen molar-refractivity contribution in [2.45, 2.75) is 25.7 Å². The fourth-order valence-electron chi connectivity index (χ4n) is 2.44. The summed E-state index contributed by atoms with van der Waals surface area (Å²) >= 11 is 0. The molecule has 19 heavy (non-hydrogen) atoms. The number of para-hydroxylation sites is 1. The molecular formula is C15H20N2O2. The lowest BCUT2D eigenvalue weighted by Gasteiger charge is -2.21. The van der Waals surface area contributed by atoms with Crippen molar-refractivity contribution in [2.24, 2.45) is 5.92 Å². The van der Waals surface area contributed by atoms with Crippen LogP contribution in [0.3, 0.4) is 0 Å². The van der Waals surface area contributed by atoms with E-state index in [9.17, 15) is 4.79 Å². The highest BCUT2D eigenvalue weighted by Gasteiger charge is 2.21. The van der Waals surface area contributed by atoms with Gasteiger partial charge in [-0.1, -0.05) is 18.9 Å². The summed E-state index contributed by atoms with van der Waals surface area (Å²) in [5.41, 5.74) is 1.55. The van der Waals surface area contributed by atoms with Gasteiger partial charge in [0.2, 0.25) is 0 Å². The monoisotopic (exact) mass is 260 g/mol. The Kier molecular flexibility index (Phi) is 3.58. The number of fused-ring (bicyclic) bond motifs is 1. The Labute approximate surface area is 113 Å². The van der Waals surface area contributed by atoms with Gasteiger partial charge < -0.3 is 15.4 Å². The third-order valence-corrected chi connectivity index (χ3v) is 3.70. The molecule has 1 aliphatic heterocycles. The second kappa shape index (κ2) is 5.51. The Hall–Kier alpha value is -1.71. The van der Waals surface area contributed by atoms with Crippen LogP contribution in [0.2, 0.25) is 0 Å². The van der Waals surface area contributed by atoms with Gasteiger partial charge in [0.1, 0.15) is 6.61 Å². The predicted octanol–water partition coefficient (Wildman–Crippen LogP) is 2.41. The molecule has 0 saturated heterocycles. The van der Waals surface area contributed by atoms with Gasteiger partial charge in [0.15, 0.2) is 5.75 Å². The molecule has 0 bridgehead atoms. The third-order valence-electron chi connectivity index (χ3n) is 3.70. The molecule has 0 aromatic heterocycles. The average Bonchev–Trinajstić information content (AvgIpc) is 3.27. The Morgan fingerprint density at radius 2 is 2.32 bits per heavy atom. The zero-order valence-electron chi connectivity index (χ0n) is 11.1. The summed E-state index contributed by atoms with van der Waals surface area (Å²) in [4.78, 5) is 12.2. The summed E-state index contributed by atoms with van der Waals surface area (Å²) < 4.78 is 5.61. The van der Waals surface area contributed by atoms with E-state index in [2.05, 4.69) is 10.6 Å². The zero-order valence-corrected chi connectivity index (χ0v) is 11.1. The van der Waals surface area contributed by atoms with Crippen LogP contribution in [0.25, 0.3) is 0 Å². The van der Waals surface area contributed by atoms with Gasteiger partial charge in [-0.15, -0.1) is 0 Å². The maximum Gasteiger partial charge on any atom is 0.255 e. The molecule has 1 fully saturated rings. The number of benzene rings is 1. The minimum Gasteiger partial charge on any atom is -0.489 e. The van der Waals surface area contributed by atoms with E-state index in [4.69, 9.17) is 4.74 Å². The minimum atomic E-state index is -0.0312. The first kappa shape index (κ1) is 12.3. The zero-order chi connectivity index (χ0) is 13.1. The van der Waals surface area contributed by atoms with Crippen molar-refractivity contribution >= 4 is 11.6 Å². The second-order valence-electron chi connectivity index (χ2n) is 5.30. The molecule has 1 aromatic rings. The molecule has 2 aliphatic rings. The number of rotatable bonds is 5. The number of hydrogen-bond donors (Lipinski definition) is 2. The summed E-state index contributed by atoms with van der Waals surface area (Å²) in [5, 5.41) is 6.23. The molecule has 2 N–H and O–H groups in total. The van der Waals surface area contributed by atoms with Crippen LogP contribution in [0.5, 0.6) is 5.75 Å². The van der Waals surface area contributed by atoms with Crippen molar-refractivity contribution in [3.63, 3.8) is 0 Å². The molecule has 0 unspecified atom stereocenters. The van der Waals surface area contributed by atoms with Crippen molar-refractivity contribution in [3.8, 4) is 5.75 Å². The van der Waals surface area contributed by atoms with Crippen LogP contribution in [-0.2, 0) is 0 Å². The number of amides is 1. The van der Waals surface area contributed by atoms with E-state index in [-0.39, 0.29) is 5.91 Å². The lowest BCUT2D eigenvalue weighted by atomic mass is 10.1. The summed E-state index contributed by atoms with van der Waals surface area (Å²) in [5.74, 6) is 1.58. The SMILES string of the molecule is O=C(NCCCC1CC1)c1cccc2c1OCCN2. The van der Waals surface area contributed by atoms with Crippen LogP contribution in [0.15, 0.2) is 18.2 Å². The van der Waals surface area contributed by atoms with Crippen molar-refractivity contribution in [2.75, 3.05) is 25.0 Å². The van der Waals surface area contributed by atoms with Gasteiger partial charge in [0.05, 0.1) is 11.3 Å². The highest BCUT2D eigenvalue weighted by molar-refractivity contribution is 5.98. The van der Waals surface area contributed by atoms with Crippen molar-refractivity contribution in [1.29, 1.82) is 0 Å². The minimum absolute atomic E-state index is 0.0312. The number of carbonyl (C=O) groups excluding carboxylic acids is 1. The van der Waals surface area contributed by atoms with E-state index >= 15 is 0 Å². The van der Waals surface area contributed by atoms with E-state index < -0.39 is 0 Å². The lowest BCUT2D eigenvalue weighted by molar-refractivity contribution is 0.0948. The molecule has 0 spiro atoms. The van der Waals surface area contributed by atoms with Crippen LogP contribution < -0.4 is 15.4 Å². The largest absolute Gasteiger partial charge is 0.489 e. The van der Waals surface area contributed by atoms with Crippen LogP contribution >= 0.6 is 0 Å².